The normalized spacial score (nSPS) is 12.2. The average Bonchev–Trinajstić information content (AvgIpc) is 3.17. The lowest BCUT2D eigenvalue weighted by atomic mass is 9.90. The molecule has 0 N–H and O–H groups in total. The number of rotatable bonds is 1. The Kier molecular flexibility index (Phi) is 3.14. The van der Waals surface area contributed by atoms with Crippen molar-refractivity contribution < 1.29 is 0 Å². The van der Waals surface area contributed by atoms with Gasteiger partial charge in [-0.2, -0.15) is 0 Å². The van der Waals surface area contributed by atoms with E-state index in [4.69, 9.17) is 0 Å². The van der Waals surface area contributed by atoms with E-state index in [2.05, 4.69) is 99.5 Å². The molecule has 0 atom stereocenters. The predicted molar refractivity (Wildman–Crippen MR) is 136 cm³/mol. The summed E-state index contributed by atoms with van der Waals surface area (Å²) in [5.41, 5.74) is 7.37. The van der Waals surface area contributed by atoms with Gasteiger partial charge < -0.3 is 0 Å². The average molecular weight is 419 g/mol. The van der Waals surface area contributed by atoms with Crippen molar-refractivity contribution in [3.05, 3.63) is 103 Å². The highest BCUT2D eigenvalue weighted by Gasteiger charge is 2.25. The third-order valence-corrected chi connectivity index (χ3v) is 7.04. The molecule has 3 heteroatoms. The SMILES string of the molecule is c1cnc(-n2c3cccc4c3c3c5c(cc6ccccc6c5ccc32)-c2ccccc2-4)nc1. The van der Waals surface area contributed by atoms with E-state index in [-0.39, 0.29) is 0 Å². The zero-order chi connectivity index (χ0) is 21.5. The number of hydrogen-bond donors (Lipinski definition) is 0. The van der Waals surface area contributed by atoms with Gasteiger partial charge in [0.2, 0.25) is 5.95 Å². The second-order valence-corrected chi connectivity index (χ2v) is 8.66. The molecule has 2 aromatic heterocycles. The first kappa shape index (κ1) is 17.1. The third-order valence-electron chi connectivity index (χ3n) is 7.04. The summed E-state index contributed by atoms with van der Waals surface area (Å²) >= 11 is 0. The van der Waals surface area contributed by atoms with Crippen LogP contribution < -0.4 is 0 Å². The fraction of sp³-hybridized carbons (Fsp3) is 0. The van der Waals surface area contributed by atoms with Gasteiger partial charge in [-0.3, -0.25) is 4.57 Å². The van der Waals surface area contributed by atoms with Crippen LogP contribution in [0, 0.1) is 0 Å². The van der Waals surface area contributed by atoms with Gasteiger partial charge in [-0.05, 0) is 62.7 Å². The van der Waals surface area contributed by atoms with Crippen molar-refractivity contribution in [2.45, 2.75) is 0 Å². The Morgan fingerprint density at radius 1 is 0.485 bits per heavy atom. The molecular formula is C30H17N3. The Morgan fingerprint density at radius 2 is 1.21 bits per heavy atom. The van der Waals surface area contributed by atoms with Crippen LogP contribution in [0.15, 0.2) is 103 Å². The fourth-order valence-corrected chi connectivity index (χ4v) is 5.76. The quantitative estimate of drug-likeness (QED) is 0.258. The minimum absolute atomic E-state index is 0.699. The van der Waals surface area contributed by atoms with E-state index in [0.717, 1.165) is 11.0 Å². The standard InChI is InChI=1S/C30H17N3/c1-2-8-19-18(7-1)17-24-21-10-4-3-9-20(21)22-11-5-12-25-28(22)29-26(14-13-23(19)27(24)29)33(25)30-31-15-6-16-32-30/h1-17H. The van der Waals surface area contributed by atoms with Crippen molar-refractivity contribution in [2.75, 3.05) is 0 Å². The van der Waals surface area contributed by atoms with E-state index in [1.54, 1.807) is 0 Å². The highest BCUT2D eigenvalue weighted by Crippen LogP contribution is 2.50. The van der Waals surface area contributed by atoms with Crippen LogP contribution in [0.4, 0.5) is 0 Å². The maximum absolute atomic E-state index is 4.62. The third kappa shape index (κ3) is 2.09. The predicted octanol–water partition coefficient (Wildman–Crippen LogP) is 7.53. The van der Waals surface area contributed by atoms with E-state index in [1.165, 1.54) is 54.6 Å². The van der Waals surface area contributed by atoms with E-state index < -0.39 is 0 Å². The molecule has 1 aliphatic rings. The number of benzene rings is 5. The molecular weight excluding hydrogens is 402 g/mol. The van der Waals surface area contributed by atoms with Crippen LogP contribution in [0.1, 0.15) is 0 Å². The molecule has 0 amide bonds. The minimum Gasteiger partial charge on any atom is -0.278 e. The first-order valence-electron chi connectivity index (χ1n) is 11.2. The molecule has 0 spiro atoms. The van der Waals surface area contributed by atoms with Crippen LogP contribution in [-0.4, -0.2) is 14.5 Å². The second-order valence-electron chi connectivity index (χ2n) is 8.66. The van der Waals surface area contributed by atoms with E-state index in [1.807, 2.05) is 18.5 Å². The Labute approximate surface area is 189 Å². The Hall–Kier alpha value is -4.50. The molecule has 0 radical (unpaired) electrons. The molecule has 0 bridgehead atoms. The van der Waals surface area contributed by atoms with Crippen molar-refractivity contribution >= 4 is 43.4 Å². The summed E-state index contributed by atoms with van der Waals surface area (Å²) in [5, 5.41) is 7.70. The molecule has 0 aliphatic heterocycles. The number of fused-ring (bicyclic) bond motifs is 5. The van der Waals surface area contributed by atoms with Crippen molar-refractivity contribution in [1.29, 1.82) is 0 Å². The first-order chi connectivity index (χ1) is 16.4. The van der Waals surface area contributed by atoms with Crippen LogP contribution in [0.5, 0.6) is 0 Å². The Balaban J connectivity index is 1.74. The van der Waals surface area contributed by atoms with Gasteiger partial charge in [-0.15, -0.1) is 0 Å². The van der Waals surface area contributed by atoms with Crippen molar-refractivity contribution in [3.63, 3.8) is 0 Å². The van der Waals surface area contributed by atoms with Crippen molar-refractivity contribution in [1.82, 2.24) is 14.5 Å². The van der Waals surface area contributed by atoms with Gasteiger partial charge in [0, 0.05) is 28.6 Å². The largest absolute Gasteiger partial charge is 0.278 e. The smallest absolute Gasteiger partial charge is 0.234 e. The second kappa shape index (κ2) is 6.05. The van der Waals surface area contributed by atoms with Crippen LogP contribution >= 0.6 is 0 Å². The molecule has 33 heavy (non-hydrogen) atoms. The van der Waals surface area contributed by atoms with Gasteiger partial charge in [0.05, 0.1) is 11.0 Å². The van der Waals surface area contributed by atoms with Gasteiger partial charge in [0.15, 0.2) is 0 Å². The fourth-order valence-electron chi connectivity index (χ4n) is 5.76. The molecule has 3 nitrogen and oxygen atoms in total. The molecule has 0 fully saturated rings. The van der Waals surface area contributed by atoms with Gasteiger partial charge in [-0.25, -0.2) is 9.97 Å². The highest BCUT2D eigenvalue weighted by molar-refractivity contribution is 6.33. The molecule has 1 aliphatic carbocycles. The lowest BCUT2D eigenvalue weighted by Crippen LogP contribution is -2.00. The molecule has 7 aromatic rings. The summed E-state index contributed by atoms with van der Waals surface area (Å²) in [6, 6.07) is 32.8. The molecule has 0 saturated heterocycles. The molecule has 0 unspecified atom stereocenters. The van der Waals surface area contributed by atoms with Crippen LogP contribution in [0.2, 0.25) is 0 Å². The monoisotopic (exact) mass is 419 g/mol. The summed E-state index contributed by atoms with van der Waals surface area (Å²) in [6.45, 7) is 0. The van der Waals surface area contributed by atoms with Crippen molar-refractivity contribution in [3.8, 4) is 28.2 Å². The molecule has 5 aromatic carbocycles. The Morgan fingerprint density at radius 3 is 2.09 bits per heavy atom. The molecule has 0 saturated carbocycles. The van der Waals surface area contributed by atoms with Crippen LogP contribution in [-0.2, 0) is 0 Å². The first-order valence-corrected chi connectivity index (χ1v) is 11.2. The van der Waals surface area contributed by atoms with Gasteiger partial charge in [0.25, 0.3) is 0 Å². The van der Waals surface area contributed by atoms with Crippen molar-refractivity contribution in [2.24, 2.45) is 0 Å². The summed E-state index contributed by atoms with van der Waals surface area (Å²) in [6.07, 6.45) is 3.62. The van der Waals surface area contributed by atoms with Crippen LogP contribution in [0.25, 0.3) is 71.6 Å². The summed E-state index contributed by atoms with van der Waals surface area (Å²) in [4.78, 5) is 9.24. The molecule has 152 valence electrons. The number of aromatic nitrogens is 3. The number of nitrogens with zero attached hydrogens (tertiary/aromatic N) is 3. The summed E-state index contributed by atoms with van der Waals surface area (Å²) < 4.78 is 2.21. The zero-order valence-electron chi connectivity index (χ0n) is 17.7. The maximum Gasteiger partial charge on any atom is 0.234 e. The topological polar surface area (TPSA) is 30.7 Å². The highest BCUT2D eigenvalue weighted by atomic mass is 15.1. The van der Waals surface area contributed by atoms with E-state index >= 15 is 0 Å². The van der Waals surface area contributed by atoms with Gasteiger partial charge >= 0.3 is 0 Å². The lowest BCUT2D eigenvalue weighted by Gasteiger charge is -2.14. The van der Waals surface area contributed by atoms with Gasteiger partial charge in [0.1, 0.15) is 0 Å². The summed E-state index contributed by atoms with van der Waals surface area (Å²) in [5.74, 6) is 0.699. The molecule has 8 rings (SSSR count). The van der Waals surface area contributed by atoms with E-state index in [0.29, 0.717) is 5.95 Å². The number of hydrogen-bond acceptors (Lipinski definition) is 2. The maximum atomic E-state index is 4.62. The Bertz CT molecular complexity index is 1910. The van der Waals surface area contributed by atoms with Gasteiger partial charge in [-0.1, -0.05) is 66.7 Å². The molecule has 2 heterocycles. The minimum atomic E-state index is 0.699. The van der Waals surface area contributed by atoms with E-state index in [9.17, 15) is 0 Å². The van der Waals surface area contributed by atoms with Crippen LogP contribution in [0.3, 0.4) is 0 Å². The lowest BCUT2D eigenvalue weighted by molar-refractivity contribution is 0.989. The zero-order valence-corrected chi connectivity index (χ0v) is 17.7. The summed E-state index contributed by atoms with van der Waals surface area (Å²) in [7, 11) is 0.